The van der Waals surface area contributed by atoms with Gasteiger partial charge >= 0.3 is 0 Å². The van der Waals surface area contributed by atoms with Crippen molar-refractivity contribution in [3.63, 3.8) is 0 Å². The van der Waals surface area contributed by atoms with E-state index in [0.29, 0.717) is 11.3 Å². The van der Waals surface area contributed by atoms with E-state index in [2.05, 4.69) is 5.32 Å². The highest BCUT2D eigenvalue weighted by atomic mass is 32.1. The SMILES string of the molecule is Cc1cccc(N2C(=O)/C(=C/c3ccoc3)C(=O)NC2=S)c1. The van der Waals surface area contributed by atoms with Crippen molar-refractivity contribution in [1.29, 1.82) is 0 Å². The molecule has 2 aromatic rings. The Kier molecular flexibility index (Phi) is 3.60. The predicted octanol–water partition coefficient (Wildman–Crippen LogP) is 2.42. The number of carbonyl (C=O) groups is 2. The summed E-state index contributed by atoms with van der Waals surface area (Å²) in [6.45, 7) is 1.92. The summed E-state index contributed by atoms with van der Waals surface area (Å²) in [4.78, 5) is 26.0. The topological polar surface area (TPSA) is 62.6 Å². The van der Waals surface area contributed by atoms with Gasteiger partial charge in [-0.15, -0.1) is 0 Å². The molecule has 5 nitrogen and oxygen atoms in total. The fourth-order valence-electron chi connectivity index (χ4n) is 2.18. The number of rotatable bonds is 2. The van der Waals surface area contributed by atoms with Gasteiger partial charge in [-0.25, -0.2) is 0 Å². The molecule has 1 N–H and O–H groups in total. The molecule has 1 fully saturated rings. The van der Waals surface area contributed by atoms with Crippen LogP contribution in [0.25, 0.3) is 6.08 Å². The standard InChI is InChI=1S/C16H12N2O3S/c1-10-3-2-4-12(7-10)18-15(20)13(14(19)17-16(18)22)8-11-5-6-21-9-11/h2-9H,1H3,(H,17,19,22)/b13-8+. The van der Waals surface area contributed by atoms with Crippen LogP contribution in [0, 0.1) is 6.92 Å². The summed E-state index contributed by atoms with van der Waals surface area (Å²) in [6.07, 6.45) is 4.41. The second-order valence-electron chi connectivity index (χ2n) is 4.85. The largest absolute Gasteiger partial charge is 0.472 e. The van der Waals surface area contributed by atoms with Gasteiger partial charge in [0.05, 0.1) is 18.2 Å². The van der Waals surface area contributed by atoms with Crippen molar-refractivity contribution < 1.29 is 14.0 Å². The second-order valence-corrected chi connectivity index (χ2v) is 5.24. The molecule has 0 saturated carbocycles. The van der Waals surface area contributed by atoms with E-state index >= 15 is 0 Å². The van der Waals surface area contributed by atoms with E-state index in [9.17, 15) is 9.59 Å². The first-order chi connectivity index (χ1) is 10.6. The number of hydrogen-bond acceptors (Lipinski definition) is 4. The molecular weight excluding hydrogens is 300 g/mol. The van der Waals surface area contributed by atoms with Gasteiger partial charge in [-0.3, -0.25) is 19.8 Å². The Bertz CT molecular complexity index is 793. The number of aryl methyl sites for hydroxylation is 1. The van der Waals surface area contributed by atoms with Crippen LogP contribution >= 0.6 is 12.2 Å². The van der Waals surface area contributed by atoms with Crippen LogP contribution in [0.3, 0.4) is 0 Å². The van der Waals surface area contributed by atoms with Crippen LogP contribution in [0.2, 0.25) is 0 Å². The van der Waals surface area contributed by atoms with Crippen molar-refractivity contribution in [2.24, 2.45) is 0 Å². The van der Waals surface area contributed by atoms with Gasteiger partial charge in [0.25, 0.3) is 11.8 Å². The minimum atomic E-state index is -0.514. The fourth-order valence-corrected chi connectivity index (χ4v) is 2.46. The Hall–Kier alpha value is -2.73. The van der Waals surface area contributed by atoms with Crippen molar-refractivity contribution in [3.8, 4) is 0 Å². The van der Waals surface area contributed by atoms with E-state index in [1.165, 1.54) is 23.5 Å². The van der Waals surface area contributed by atoms with E-state index < -0.39 is 11.8 Å². The number of carbonyl (C=O) groups excluding carboxylic acids is 2. The highest BCUT2D eigenvalue weighted by Crippen LogP contribution is 2.22. The minimum Gasteiger partial charge on any atom is -0.472 e. The zero-order valence-corrected chi connectivity index (χ0v) is 12.5. The monoisotopic (exact) mass is 312 g/mol. The zero-order valence-electron chi connectivity index (χ0n) is 11.7. The first kappa shape index (κ1) is 14.2. The Morgan fingerprint density at radius 3 is 2.77 bits per heavy atom. The molecule has 6 heteroatoms. The van der Waals surface area contributed by atoms with Crippen LogP contribution in [0.5, 0.6) is 0 Å². The molecule has 1 aliphatic rings. The molecular formula is C16H12N2O3S. The molecule has 2 amide bonds. The van der Waals surface area contributed by atoms with Gasteiger partial charge in [0.1, 0.15) is 5.57 Å². The van der Waals surface area contributed by atoms with E-state index in [1.807, 2.05) is 25.1 Å². The molecule has 0 bridgehead atoms. The summed E-state index contributed by atoms with van der Waals surface area (Å²) in [5.74, 6) is -0.972. The number of amides is 2. The lowest BCUT2D eigenvalue weighted by molar-refractivity contribution is -0.122. The van der Waals surface area contributed by atoms with Crippen molar-refractivity contribution in [1.82, 2.24) is 5.32 Å². The molecule has 0 unspecified atom stereocenters. The normalized spacial score (nSPS) is 17.0. The molecule has 1 aromatic heterocycles. The maximum absolute atomic E-state index is 12.7. The Morgan fingerprint density at radius 1 is 1.27 bits per heavy atom. The molecule has 1 saturated heterocycles. The number of furan rings is 1. The lowest BCUT2D eigenvalue weighted by Gasteiger charge is -2.29. The van der Waals surface area contributed by atoms with Gasteiger partial charge in [-0.2, -0.15) is 0 Å². The molecule has 3 rings (SSSR count). The summed E-state index contributed by atoms with van der Waals surface area (Å²) in [7, 11) is 0. The summed E-state index contributed by atoms with van der Waals surface area (Å²) in [5, 5.41) is 2.61. The molecule has 0 atom stereocenters. The van der Waals surface area contributed by atoms with E-state index in [4.69, 9.17) is 16.6 Å². The maximum atomic E-state index is 12.7. The molecule has 1 aliphatic heterocycles. The minimum absolute atomic E-state index is 0.0107. The third kappa shape index (κ3) is 2.56. The van der Waals surface area contributed by atoms with Crippen LogP contribution in [-0.2, 0) is 9.59 Å². The van der Waals surface area contributed by atoms with Crippen molar-refractivity contribution in [3.05, 3.63) is 59.6 Å². The highest BCUT2D eigenvalue weighted by molar-refractivity contribution is 7.80. The first-order valence-corrected chi connectivity index (χ1v) is 6.97. The summed E-state index contributed by atoms with van der Waals surface area (Å²) in [6, 6.07) is 9.01. The third-order valence-corrected chi connectivity index (χ3v) is 3.50. The van der Waals surface area contributed by atoms with Crippen LogP contribution in [-0.4, -0.2) is 16.9 Å². The van der Waals surface area contributed by atoms with Gasteiger partial charge in [-0.05, 0) is 49.0 Å². The van der Waals surface area contributed by atoms with E-state index in [-0.39, 0.29) is 10.7 Å². The molecule has 0 radical (unpaired) electrons. The van der Waals surface area contributed by atoms with E-state index in [1.54, 1.807) is 12.1 Å². The fraction of sp³-hybridized carbons (Fsp3) is 0.0625. The maximum Gasteiger partial charge on any atom is 0.270 e. The molecule has 2 heterocycles. The smallest absolute Gasteiger partial charge is 0.270 e. The average Bonchev–Trinajstić information content (AvgIpc) is 2.96. The number of hydrogen-bond donors (Lipinski definition) is 1. The predicted molar refractivity (Wildman–Crippen MR) is 86.1 cm³/mol. The van der Waals surface area contributed by atoms with Crippen molar-refractivity contribution in [2.45, 2.75) is 6.92 Å². The number of nitrogens with one attached hydrogen (secondary N) is 1. The third-order valence-electron chi connectivity index (χ3n) is 3.22. The Balaban J connectivity index is 2.03. The van der Waals surface area contributed by atoms with Gasteiger partial charge in [-0.1, -0.05) is 12.1 Å². The van der Waals surface area contributed by atoms with Crippen LogP contribution in [0.1, 0.15) is 11.1 Å². The summed E-state index contributed by atoms with van der Waals surface area (Å²) < 4.78 is 4.95. The molecule has 1 aromatic carbocycles. The Morgan fingerprint density at radius 2 is 2.09 bits per heavy atom. The second kappa shape index (κ2) is 5.57. The Labute approximate surface area is 132 Å². The van der Waals surface area contributed by atoms with Crippen LogP contribution in [0.15, 0.2) is 52.8 Å². The molecule has 0 aliphatic carbocycles. The first-order valence-electron chi connectivity index (χ1n) is 6.56. The van der Waals surface area contributed by atoms with Crippen molar-refractivity contribution in [2.75, 3.05) is 4.90 Å². The highest BCUT2D eigenvalue weighted by Gasteiger charge is 2.34. The molecule has 110 valence electrons. The average molecular weight is 312 g/mol. The molecule has 0 spiro atoms. The molecule has 22 heavy (non-hydrogen) atoms. The van der Waals surface area contributed by atoms with Gasteiger partial charge in [0.2, 0.25) is 0 Å². The quantitative estimate of drug-likeness (QED) is 0.525. The van der Waals surface area contributed by atoms with Crippen LogP contribution in [0.4, 0.5) is 5.69 Å². The lowest BCUT2D eigenvalue weighted by Crippen LogP contribution is -2.54. The summed E-state index contributed by atoms with van der Waals surface area (Å²) >= 11 is 5.13. The van der Waals surface area contributed by atoms with Crippen LogP contribution < -0.4 is 10.2 Å². The number of nitrogens with zero attached hydrogens (tertiary/aromatic N) is 1. The number of anilines is 1. The van der Waals surface area contributed by atoms with E-state index in [0.717, 1.165) is 5.56 Å². The van der Waals surface area contributed by atoms with Gasteiger partial charge < -0.3 is 4.42 Å². The zero-order chi connectivity index (χ0) is 15.7. The summed E-state index contributed by atoms with van der Waals surface area (Å²) in [5.41, 5.74) is 2.26. The number of benzene rings is 1. The van der Waals surface area contributed by atoms with Gasteiger partial charge in [0, 0.05) is 5.56 Å². The lowest BCUT2D eigenvalue weighted by atomic mass is 10.1. The van der Waals surface area contributed by atoms with Crippen molar-refractivity contribution >= 4 is 40.9 Å². The van der Waals surface area contributed by atoms with Gasteiger partial charge in [0.15, 0.2) is 5.11 Å². The number of thiocarbonyl (C=S) groups is 1.